The lowest BCUT2D eigenvalue weighted by molar-refractivity contribution is 0.00648. The van der Waals surface area contributed by atoms with Crippen molar-refractivity contribution < 1.29 is 5.11 Å². The standard InChI is InChI=1S/C28H27NO/c30-28(16-18-29-19-17-28)27-13-7-6-12-25(27)24-15-14-22-10-4-5-11-23(22)26(24)20-21-8-2-1-3-9-21/h1-15,29-30H,16-20H2. The molecule has 2 heteroatoms. The highest BCUT2D eigenvalue weighted by atomic mass is 16.3. The number of rotatable bonds is 4. The quantitative estimate of drug-likeness (QED) is 0.468. The average molecular weight is 394 g/mol. The summed E-state index contributed by atoms with van der Waals surface area (Å²) in [5.41, 5.74) is 5.27. The molecular formula is C28H27NO. The van der Waals surface area contributed by atoms with E-state index in [1.54, 1.807) is 0 Å². The van der Waals surface area contributed by atoms with Crippen molar-refractivity contribution in [1.82, 2.24) is 5.32 Å². The smallest absolute Gasteiger partial charge is 0.0926 e. The van der Waals surface area contributed by atoms with Crippen LogP contribution in [0.15, 0.2) is 91.0 Å². The fourth-order valence-corrected chi connectivity index (χ4v) is 4.81. The molecule has 2 N–H and O–H groups in total. The summed E-state index contributed by atoms with van der Waals surface area (Å²) in [5, 5.41) is 17.5. The van der Waals surface area contributed by atoms with Gasteiger partial charge in [0, 0.05) is 0 Å². The Kier molecular flexibility index (Phi) is 5.12. The summed E-state index contributed by atoms with van der Waals surface area (Å²) in [6.07, 6.45) is 2.35. The van der Waals surface area contributed by atoms with Gasteiger partial charge in [0.25, 0.3) is 0 Å². The van der Waals surface area contributed by atoms with Crippen molar-refractivity contribution in [2.24, 2.45) is 0 Å². The SMILES string of the molecule is OC1(c2ccccc2-c2ccc3ccccc3c2Cc2ccccc2)CCNCC1. The molecule has 0 atom stereocenters. The van der Waals surface area contributed by atoms with Gasteiger partial charge in [0.05, 0.1) is 5.60 Å². The Balaban J connectivity index is 1.71. The highest BCUT2D eigenvalue weighted by molar-refractivity contribution is 5.92. The largest absolute Gasteiger partial charge is 0.385 e. The maximum atomic E-state index is 11.5. The van der Waals surface area contributed by atoms with Crippen molar-refractivity contribution in [1.29, 1.82) is 0 Å². The minimum absolute atomic E-state index is 0.742. The number of aliphatic hydroxyl groups is 1. The molecule has 1 heterocycles. The Hall–Kier alpha value is -2.94. The molecule has 4 aromatic carbocycles. The van der Waals surface area contributed by atoms with Gasteiger partial charge in [-0.05, 0) is 70.9 Å². The number of benzene rings is 4. The third-order valence-corrected chi connectivity index (χ3v) is 6.41. The van der Waals surface area contributed by atoms with Gasteiger partial charge in [0.15, 0.2) is 0 Å². The van der Waals surface area contributed by atoms with Gasteiger partial charge >= 0.3 is 0 Å². The maximum absolute atomic E-state index is 11.5. The summed E-state index contributed by atoms with van der Waals surface area (Å²) in [4.78, 5) is 0. The van der Waals surface area contributed by atoms with Gasteiger partial charge in [-0.15, -0.1) is 0 Å². The molecule has 0 aromatic heterocycles. The molecule has 1 fully saturated rings. The molecule has 2 nitrogen and oxygen atoms in total. The fraction of sp³-hybridized carbons (Fsp3) is 0.214. The molecule has 150 valence electrons. The summed E-state index contributed by atoms with van der Waals surface area (Å²) < 4.78 is 0. The normalized spacial score (nSPS) is 15.9. The first kappa shape index (κ1) is 19.0. The van der Waals surface area contributed by atoms with Crippen molar-refractivity contribution in [3.8, 4) is 11.1 Å². The van der Waals surface area contributed by atoms with Crippen LogP contribution in [0.25, 0.3) is 21.9 Å². The Labute approximate surface area is 178 Å². The van der Waals surface area contributed by atoms with E-state index in [1.165, 1.54) is 27.5 Å². The highest BCUT2D eigenvalue weighted by Gasteiger charge is 2.33. The van der Waals surface area contributed by atoms with E-state index in [-0.39, 0.29) is 0 Å². The molecule has 1 aliphatic rings. The molecule has 0 amide bonds. The second-order valence-corrected chi connectivity index (χ2v) is 8.30. The molecule has 1 saturated heterocycles. The van der Waals surface area contributed by atoms with Crippen LogP contribution >= 0.6 is 0 Å². The van der Waals surface area contributed by atoms with E-state index in [1.807, 2.05) is 0 Å². The molecule has 0 bridgehead atoms. The Morgan fingerprint density at radius 3 is 2.23 bits per heavy atom. The summed E-state index contributed by atoms with van der Waals surface area (Å²) in [6, 6.07) is 32.2. The minimum Gasteiger partial charge on any atom is -0.385 e. The lowest BCUT2D eigenvalue weighted by atomic mass is 9.79. The van der Waals surface area contributed by atoms with Gasteiger partial charge in [0.2, 0.25) is 0 Å². The fourth-order valence-electron chi connectivity index (χ4n) is 4.81. The van der Waals surface area contributed by atoms with E-state index < -0.39 is 5.60 Å². The Morgan fingerprint density at radius 1 is 0.700 bits per heavy atom. The lowest BCUT2D eigenvalue weighted by Crippen LogP contribution is -2.40. The zero-order valence-corrected chi connectivity index (χ0v) is 17.1. The predicted octanol–water partition coefficient (Wildman–Crippen LogP) is 5.67. The van der Waals surface area contributed by atoms with Gasteiger partial charge < -0.3 is 10.4 Å². The first-order valence-corrected chi connectivity index (χ1v) is 10.8. The van der Waals surface area contributed by atoms with Crippen molar-refractivity contribution in [2.75, 3.05) is 13.1 Å². The zero-order valence-electron chi connectivity index (χ0n) is 17.1. The van der Waals surface area contributed by atoms with Crippen LogP contribution in [-0.4, -0.2) is 18.2 Å². The number of piperidine rings is 1. The summed E-state index contributed by atoms with van der Waals surface area (Å²) in [7, 11) is 0. The molecule has 30 heavy (non-hydrogen) atoms. The summed E-state index contributed by atoms with van der Waals surface area (Å²) in [6.45, 7) is 1.69. The second-order valence-electron chi connectivity index (χ2n) is 8.30. The molecule has 0 radical (unpaired) electrons. The molecule has 4 aromatic rings. The topological polar surface area (TPSA) is 32.3 Å². The van der Waals surface area contributed by atoms with Crippen molar-refractivity contribution in [2.45, 2.75) is 24.9 Å². The zero-order chi connectivity index (χ0) is 20.4. The van der Waals surface area contributed by atoms with E-state index >= 15 is 0 Å². The van der Waals surface area contributed by atoms with E-state index in [2.05, 4.69) is 96.3 Å². The van der Waals surface area contributed by atoms with Crippen molar-refractivity contribution in [3.63, 3.8) is 0 Å². The van der Waals surface area contributed by atoms with Crippen LogP contribution in [0, 0.1) is 0 Å². The Morgan fingerprint density at radius 2 is 1.40 bits per heavy atom. The summed E-state index contributed by atoms with van der Waals surface area (Å²) in [5.74, 6) is 0. The van der Waals surface area contributed by atoms with E-state index in [4.69, 9.17) is 0 Å². The number of hydrogen-bond acceptors (Lipinski definition) is 2. The molecule has 0 unspecified atom stereocenters. The van der Waals surface area contributed by atoms with Gasteiger partial charge in [0.1, 0.15) is 0 Å². The van der Waals surface area contributed by atoms with Crippen LogP contribution in [0.1, 0.15) is 29.5 Å². The monoisotopic (exact) mass is 393 g/mol. The van der Waals surface area contributed by atoms with Crippen molar-refractivity contribution in [3.05, 3.63) is 108 Å². The number of nitrogens with one attached hydrogen (secondary N) is 1. The van der Waals surface area contributed by atoms with E-state index in [9.17, 15) is 5.11 Å². The molecule has 0 aliphatic carbocycles. The molecule has 5 rings (SSSR count). The first-order valence-electron chi connectivity index (χ1n) is 10.8. The molecule has 0 spiro atoms. The average Bonchev–Trinajstić information content (AvgIpc) is 2.80. The van der Waals surface area contributed by atoms with Gasteiger partial charge in [-0.3, -0.25) is 0 Å². The Bertz CT molecular complexity index is 1160. The van der Waals surface area contributed by atoms with Crippen LogP contribution in [-0.2, 0) is 12.0 Å². The second kappa shape index (κ2) is 8.06. The van der Waals surface area contributed by atoms with Gasteiger partial charge in [-0.1, -0.05) is 91.0 Å². The van der Waals surface area contributed by atoms with Crippen LogP contribution in [0.4, 0.5) is 0 Å². The van der Waals surface area contributed by atoms with Crippen molar-refractivity contribution >= 4 is 10.8 Å². The molecule has 0 saturated carbocycles. The van der Waals surface area contributed by atoms with E-state index in [0.717, 1.165) is 43.5 Å². The van der Waals surface area contributed by atoms with Crippen LogP contribution in [0.2, 0.25) is 0 Å². The first-order chi connectivity index (χ1) is 14.7. The van der Waals surface area contributed by atoms with Crippen LogP contribution in [0.3, 0.4) is 0 Å². The van der Waals surface area contributed by atoms with Gasteiger partial charge in [-0.2, -0.15) is 0 Å². The maximum Gasteiger partial charge on any atom is 0.0926 e. The molecular weight excluding hydrogens is 366 g/mol. The van der Waals surface area contributed by atoms with Gasteiger partial charge in [-0.25, -0.2) is 0 Å². The minimum atomic E-state index is -0.780. The highest BCUT2D eigenvalue weighted by Crippen LogP contribution is 2.40. The van der Waals surface area contributed by atoms with Crippen LogP contribution in [0.5, 0.6) is 0 Å². The predicted molar refractivity (Wildman–Crippen MR) is 125 cm³/mol. The van der Waals surface area contributed by atoms with E-state index in [0.29, 0.717) is 0 Å². The number of hydrogen-bond donors (Lipinski definition) is 2. The molecule has 1 aliphatic heterocycles. The number of fused-ring (bicyclic) bond motifs is 1. The van der Waals surface area contributed by atoms with Crippen LogP contribution < -0.4 is 5.32 Å². The lowest BCUT2D eigenvalue weighted by Gasteiger charge is -2.35. The third kappa shape index (κ3) is 3.54. The third-order valence-electron chi connectivity index (χ3n) is 6.41. The summed E-state index contributed by atoms with van der Waals surface area (Å²) >= 11 is 0.